The van der Waals surface area contributed by atoms with Gasteiger partial charge in [-0.25, -0.2) is 4.98 Å². The van der Waals surface area contributed by atoms with Gasteiger partial charge in [0.2, 0.25) is 0 Å². The monoisotopic (exact) mass is 274 g/mol. The third kappa shape index (κ3) is 1.79. The van der Waals surface area contributed by atoms with E-state index in [1.54, 1.807) is 6.20 Å². The molecular formula is C16H10N4O. The average Bonchev–Trinajstić information content (AvgIpc) is 2.96. The smallest absolute Gasteiger partial charge is 0.171 e. The number of rotatable bonds is 2. The molecule has 0 aliphatic rings. The number of hydrogen-bond donors (Lipinski definition) is 1. The van der Waals surface area contributed by atoms with E-state index in [9.17, 15) is 4.79 Å². The third-order valence-electron chi connectivity index (χ3n) is 3.54. The molecule has 0 aliphatic carbocycles. The highest BCUT2D eigenvalue weighted by atomic mass is 16.1. The van der Waals surface area contributed by atoms with Crippen LogP contribution in [0.1, 0.15) is 10.5 Å². The maximum Gasteiger partial charge on any atom is 0.171 e. The summed E-state index contributed by atoms with van der Waals surface area (Å²) in [5.41, 5.74) is 2.87. The molecule has 0 aliphatic heterocycles. The van der Waals surface area contributed by atoms with Crippen LogP contribution in [0, 0.1) is 0 Å². The van der Waals surface area contributed by atoms with Gasteiger partial charge in [-0.15, -0.1) is 0 Å². The molecule has 3 heterocycles. The van der Waals surface area contributed by atoms with Crippen molar-refractivity contribution in [3.63, 3.8) is 0 Å². The van der Waals surface area contributed by atoms with Crippen LogP contribution in [0.25, 0.3) is 32.9 Å². The number of nitrogens with zero attached hydrogens (tertiary/aromatic N) is 3. The van der Waals surface area contributed by atoms with Gasteiger partial charge in [-0.1, -0.05) is 24.3 Å². The van der Waals surface area contributed by atoms with Crippen LogP contribution >= 0.6 is 0 Å². The van der Waals surface area contributed by atoms with Crippen LogP contribution < -0.4 is 0 Å². The first kappa shape index (κ1) is 11.7. The number of nitrogens with one attached hydrogen (secondary N) is 1. The lowest BCUT2D eigenvalue weighted by molar-refractivity contribution is 0.112. The van der Waals surface area contributed by atoms with Crippen LogP contribution in [0.2, 0.25) is 0 Å². The summed E-state index contributed by atoms with van der Waals surface area (Å²) in [6.45, 7) is 0. The number of fused-ring (bicyclic) bond motifs is 2. The largest absolute Gasteiger partial charge is 0.296 e. The van der Waals surface area contributed by atoms with Crippen LogP contribution in [0.5, 0.6) is 0 Å². The maximum atomic E-state index is 11.0. The molecule has 0 fully saturated rings. The van der Waals surface area contributed by atoms with Gasteiger partial charge in [0.1, 0.15) is 5.69 Å². The van der Waals surface area contributed by atoms with Crippen molar-refractivity contribution in [1.82, 2.24) is 20.2 Å². The Kier molecular flexibility index (Phi) is 2.50. The normalized spacial score (nSPS) is 11.0. The number of hydrogen-bond acceptors (Lipinski definition) is 4. The van der Waals surface area contributed by atoms with Gasteiger partial charge >= 0.3 is 0 Å². The first-order valence-electron chi connectivity index (χ1n) is 6.49. The standard InChI is InChI=1S/C16H10N4O/c21-9-15-13-5-11(7-18-16(13)20-19-15)14-8-17-6-10-3-1-2-4-12(10)14/h1-9H,(H,18,19,20). The van der Waals surface area contributed by atoms with Crippen molar-refractivity contribution >= 4 is 28.1 Å². The van der Waals surface area contributed by atoms with Gasteiger partial charge < -0.3 is 0 Å². The molecule has 0 radical (unpaired) electrons. The van der Waals surface area contributed by atoms with Crippen LogP contribution in [-0.4, -0.2) is 26.5 Å². The zero-order valence-electron chi connectivity index (χ0n) is 10.9. The van der Waals surface area contributed by atoms with E-state index in [0.717, 1.165) is 33.6 Å². The Labute approximate surface area is 119 Å². The van der Waals surface area contributed by atoms with Gasteiger partial charge in [-0.3, -0.25) is 14.9 Å². The predicted octanol–water partition coefficient (Wildman–Crippen LogP) is 2.99. The topological polar surface area (TPSA) is 71.5 Å². The van der Waals surface area contributed by atoms with E-state index in [2.05, 4.69) is 20.2 Å². The minimum absolute atomic E-state index is 0.368. The van der Waals surface area contributed by atoms with E-state index in [-0.39, 0.29) is 0 Å². The Morgan fingerprint density at radius 2 is 1.95 bits per heavy atom. The summed E-state index contributed by atoms with van der Waals surface area (Å²) in [4.78, 5) is 19.6. The molecule has 5 heteroatoms. The number of H-pyrrole nitrogens is 1. The average molecular weight is 274 g/mol. The molecule has 4 aromatic rings. The molecule has 100 valence electrons. The van der Waals surface area contributed by atoms with E-state index >= 15 is 0 Å². The van der Waals surface area contributed by atoms with E-state index in [4.69, 9.17) is 0 Å². The Bertz CT molecular complexity index is 969. The first-order chi connectivity index (χ1) is 10.4. The number of aldehydes is 1. The third-order valence-corrected chi connectivity index (χ3v) is 3.54. The second kappa shape index (κ2) is 4.49. The van der Waals surface area contributed by atoms with Gasteiger partial charge in [0.25, 0.3) is 0 Å². The second-order valence-electron chi connectivity index (χ2n) is 4.76. The van der Waals surface area contributed by atoms with Gasteiger partial charge in [-0.2, -0.15) is 5.10 Å². The highest BCUT2D eigenvalue weighted by molar-refractivity contribution is 5.99. The van der Waals surface area contributed by atoms with Crippen molar-refractivity contribution in [2.24, 2.45) is 0 Å². The molecule has 3 aromatic heterocycles. The Hall–Kier alpha value is -3.08. The molecule has 0 bridgehead atoms. The summed E-state index contributed by atoms with van der Waals surface area (Å²) in [6, 6.07) is 9.96. The number of benzene rings is 1. The molecule has 1 N–H and O–H groups in total. The Morgan fingerprint density at radius 3 is 2.86 bits per heavy atom. The van der Waals surface area contributed by atoms with Crippen molar-refractivity contribution in [3.8, 4) is 11.1 Å². The highest BCUT2D eigenvalue weighted by Crippen LogP contribution is 2.29. The van der Waals surface area contributed by atoms with Gasteiger partial charge in [0.15, 0.2) is 11.9 Å². The fraction of sp³-hybridized carbons (Fsp3) is 0. The fourth-order valence-electron chi connectivity index (χ4n) is 2.51. The number of carbonyl (C=O) groups excluding carboxylic acids is 1. The molecule has 0 spiro atoms. The highest BCUT2D eigenvalue weighted by Gasteiger charge is 2.10. The van der Waals surface area contributed by atoms with E-state index in [1.165, 1.54) is 0 Å². The van der Waals surface area contributed by atoms with Crippen LogP contribution in [-0.2, 0) is 0 Å². The number of aromatic nitrogens is 4. The zero-order valence-corrected chi connectivity index (χ0v) is 10.9. The number of carbonyl (C=O) groups is 1. The molecule has 4 rings (SSSR count). The van der Waals surface area contributed by atoms with Crippen LogP contribution in [0.3, 0.4) is 0 Å². The molecular weight excluding hydrogens is 264 g/mol. The molecule has 21 heavy (non-hydrogen) atoms. The maximum absolute atomic E-state index is 11.0. The van der Waals surface area contributed by atoms with Crippen molar-refractivity contribution in [2.75, 3.05) is 0 Å². The minimum Gasteiger partial charge on any atom is -0.296 e. The summed E-state index contributed by atoms with van der Waals surface area (Å²) in [5.74, 6) is 0. The van der Waals surface area contributed by atoms with E-state index in [1.807, 2.05) is 42.7 Å². The molecule has 1 aromatic carbocycles. The Balaban J connectivity index is 2.02. The summed E-state index contributed by atoms with van der Waals surface area (Å²) in [5, 5.41) is 9.57. The van der Waals surface area contributed by atoms with Crippen LogP contribution in [0.15, 0.2) is 48.9 Å². The molecule has 0 saturated heterocycles. The molecule has 0 saturated carbocycles. The second-order valence-corrected chi connectivity index (χ2v) is 4.76. The molecule has 0 atom stereocenters. The van der Waals surface area contributed by atoms with Crippen molar-refractivity contribution < 1.29 is 4.79 Å². The number of aromatic amines is 1. The zero-order chi connectivity index (χ0) is 14.2. The van der Waals surface area contributed by atoms with Crippen molar-refractivity contribution in [1.29, 1.82) is 0 Å². The van der Waals surface area contributed by atoms with Crippen molar-refractivity contribution in [3.05, 3.63) is 54.6 Å². The summed E-state index contributed by atoms with van der Waals surface area (Å²) in [7, 11) is 0. The van der Waals surface area contributed by atoms with E-state index < -0.39 is 0 Å². The lowest BCUT2D eigenvalue weighted by Gasteiger charge is -2.05. The molecule has 0 unspecified atom stereocenters. The van der Waals surface area contributed by atoms with Crippen molar-refractivity contribution in [2.45, 2.75) is 0 Å². The van der Waals surface area contributed by atoms with E-state index in [0.29, 0.717) is 11.3 Å². The lowest BCUT2D eigenvalue weighted by Crippen LogP contribution is -1.86. The summed E-state index contributed by atoms with van der Waals surface area (Å²) in [6.07, 6.45) is 6.13. The van der Waals surface area contributed by atoms with Gasteiger partial charge in [-0.05, 0) is 11.5 Å². The first-order valence-corrected chi connectivity index (χ1v) is 6.49. The molecule has 0 amide bonds. The predicted molar refractivity (Wildman–Crippen MR) is 80.0 cm³/mol. The van der Waals surface area contributed by atoms with Gasteiger partial charge in [0, 0.05) is 35.1 Å². The molecule has 5 nitrogen and oxygen atoms in total. The fourth-order valence-corrected chi connectivity index (χ4v) is 2.51. The number of pyridine rings is 2. The van der Waals surface area contributed by atoms with Gasteiger partial charge in [0.05, 0.1) is 5.39 Å². The summed E-state index contributed by atoms with van der Waals surface area (Å²) >= 11 is 0. The summed E-state index contributed by atoms with van der Waals surface area (Å²) < 4.78 is 0. The lowest BCUT2D eigenvalue weighted by atomic mass is 10.0. The Morgan fingerprint density at radius 1 is 1.05 bits per heavy atom. The SMILES string of the molecule is O=Cc1n[nH]c2ncc(-c3cncc4ccccc34)cc12. The minimum atomic E-state index is 0.368. The quantitative estimate of drug-likeness (QED) is 0.570. The van der Waals surface area contributed by atoms with Crippen LogP contribution in [0.4, 0.5) is 0 Å².